The van der Waals surface area contributed by atoms with Gasteiger partial charge in [-0.3, -0.25) is 4.68 Å². The van der Waals surface area contributed by atoms with Crippen LogP contribution in [0.15, 0.2) is 52.7 Å². The summed E-state index contributed by atoms with van der Waals surface area (Å²) in [6.07, 6.45) is 0. The zero-order valence-corrected chi connectivity index (χ0v) is 16.5. The van der Waals surface area contributed by atoms with E-state index in [0.29, 0.717) is 5.75 Å². The Balaban J connectivity index is 1.84. The average molecular weight is 392 g/mol. The highest BCUT2D eigenvalue weighted by atomic mass is 32.2. The molecule has 0 aliphatic heterocycles. The zero-order valence-electron chi connectivity index (χ0n) is 14.8. The van der Waals surface area contributed by atoms with Gasteiger partial charge in [-0.1, -0.05) is 6.07 Å². The SMILES string of the molecule is COc1ccc(S(=O)(=O)NCC(c2cccs2)n2nc(C)cc2C)cc1. The van der Waals surface area contributed by atoms with Crippen LogP contribution in [-0.2, 0) is 10.0 Å². The summed E-state index contributed by atoms with van der Waals surface area (Å²) in [6, 6.07) is 12.1. The van der Waals surface area contributed by atoms with Crippen LogP contribution < -0.4 is 9.46 Å². The standard InChI is InChI=1S/C18H21N3O3S2/c1-13-11-14(2)21(20-13)17(18-5-4-10-25-18)12-19-26(22,23)16-8-6-15(24-3)7-9-16/h4-11,17,19H,12H2,1-3H3. The van der Waals surface area contributed by atoms with E-state index in [1.807, 2.05) is 42.1 Å². The van der Waals surface area contributed by atoms with E-state index in [0.717, 1.165) is 16.3 Å². The van der Waals surface area contributed by atoms with Crippen LogP contribution >= 0.6 is 11.3 Å². The van der Waals surface area contributed by atoms with Crippen molar-refractivity contribution >= 4 is 21.4 Å². The van der Waals surface area contributed by atoms with Crippen molar-refractivity contribution in [2.75, 3.05) is 13.7 Å². The number of thiophene rings is 1. The molecule has 0 fully saturated rings. The maximum Gasteiger partial charge on any atom is 0.240 e. The van der Waals surface area contributed by atoms with E-state index in [2.05, 4.69) is 9.82 Å². The minimum absolute atomic E-state index is 0.197. The van der Waals surface area contributed by atoms with Crippen LogP contribution in [0, 0.1) is 13.8 Å². The molecule has 1 aromatic carbocycles. The van der Waals surface area contributed by atoms with Crippen LogP contribution in [0.4, 0.5) is 0 Å². The van der Waals surface area contributed by atoms with E-state index >= 15 is 0 Å². The third-order valence-corrected chi connectivity index (χ3v) is 6.46. The number of sulfonamides is 1. The quantitative estimate of drug-likeness (QED) is 0.672. The highest BCUT2D eigenvalue weighted by Gasteiger charge is 2.22. The molecule has 1 atom stereocenters. The molecule has 0 aliphatic rings. The number of hydrogen-bond acceptors (Lipinski definition) is 5. The Morgan fingerprint density at radius 2 is 1.96 bits per heavy atom. The Morgan fingerprint density at radius 1 is 1.23 bits per heavy atom. The fourth-order valence-electron chi connectivity index (χ4n) is 2.78. The molecule has 3 aromatic rings. The summed E-state index contributed by atoms with van der Waals surface area (Å²) in [5, 5.41) is 6.51. The number of hydrogen-bond donors (Lipinski definition) is 1. The molecular formula is C18H21N3O3S2. The van der Waals surface area contributed by atoms with Crippen LogP contribution in [0.3, 0.4) is 0 Å². The fraction of sp³-hybridized carbons (Fsp3) is 0.278. The Labute approximate surface area is 157 Å². The van der Waals surface area contributed by atoms with Crippen LogP contribution in [-0.4, -0.2) is 31.9 Å². The van der Waals surface area contributed by atoms with E-state index in [-0.39, 0.29) is 17.5 Å². The Morgan fingerprint density at radius 3 is 2.50 bits per heavy atom. The molecule has 0 spiro atoms. The van der Waals surface area contributed by atoms with Crippen molar-refractivity contribution in [3.8, 4) is 5.75 Å². The Bertz CT molecular complexity index is 962. The molecule has 8 heteroatoms. The summed E-state index contributed by atoms with van der Waals surface area (Å²) in [5.41, 5.74) is 1.90. The minimum atomic E-state index is -3.63. The zero-order chi connectivity index (χ0) is 18.7. The monoisotopic (exact) mass is 391 g/mol. The number of rotatable bonds is 7. The molecule has 1 unspecified atom stereocenters. The van der Waals surface area contributed by atoms with Gasteiger partial charge in [-0.15, -0.1) is 11.3 Å². The summed E-state index contributed by atoms with van der Waals surface area (Å²) in [6.45, 7) is 4.12. The van der Waals surface area contributed by atoms with Crippen molar-refractivity contribution in [3.63, 3.8) is 0 Å². The van der Waals surface area contributed by atoms with Gasteiger partial charge in [-0.25, -0.2) is 13.1 Å². The molecule has 0 saturated carbocycles. The summed E-state index contributed by atoms with van der Waals surface area (Å²) >= 11 is 1.58. The van der Waals surface area contributed by atoms with Gasteiger partial charge in [0, 0.05) is 17.1 Å². The molecule has 138 valence electrons. The summed E-state index contributed by atoms with van der Waals surface area (Å²) in [4.78, 5) is 1.25. The van der Waals surface area contributed by atoms with Crippen LogP contribution in [0.25, 0.3) is 0 Å². The number of aryl methyl sites for hydroxylation is 2. The molecule has 0 saturated heterocycles. The van der Waals surface area contributed by atoms with Crippen LogP contribution in [0.2, 0.25) is 0 Å². The van der Waals surface area contributed by atoms with Gasteiger partial charge in [0.2, 0.25) is 10.0 Å². The lowest BCUT2D eigenvalue weighted by Gasteiger charge is -2.19. The second kappa shape index (κ2) is 7.61. The Hall–Kier alpha value is -2.16. The lowest BCUT2D eigenvalue weighted by Crippen LogP contribution is -2.32. The van der Waals surface area contributed by atoms with Crippen molar-refractivity contribution in [2.45, 2.75) is 24.8 Å². The van der Waals surface area contributed by atoms with Gasteiger partial charge in [0.15, 0.2) is 0 Å². The summed E-state index contributed by atoms with van der Waals surface area (Å²) in [7, 11) is -2.08. The second-order valence-electron chi connectivity index (χ2n) is 5.93. The predicted molar refractivity (Wildman–Crippen MR) is 102 cm³/mol. The third-order valence-electron chi connectivity index (χ3n) is 4.05. The van der Waals surface area contributed by atoms with Gasteiger partial charge in [-0.2, -0.15) is 5.10 Å². The maximum atomic E-state index is 12.6. The Kier molecular flexibility index (Phi) is 5.45. The number of aromatic nitrogens is 2. The number of ether oxygens (including phenoxy) is 1. The van der Waals surface area contributed by atoms with Crippen molar-refractivity contribution in [3.05, 3.63) is 64.1 Å². The first-order valence-corrected chi connectivity index (χ1v) is 10.5. The first-order valence-electron chi connectivity index (χ1n) is 8.10. The molecule has 0 aliphatic carbocycles. The summed E-state index contributed by atoms with van der Waals surface area (Å²) < 4.78 is 35.0. The van der Waals surface area contributed by atoms with Gasteiger partial charge < -0.3 is 4.74 Å². The maximum absolute atomic E-state index is 12.6. The molecule has 3 rings (SSSR count). The number of nitrogens with one attached hydrogen (secondary N) is 1. The van der Waals surface area contributed by atoms with E-state index in [9.17, 15) is 8.42 Å². The second-order valence-corrected chi connectivity index (χ2v) is 8.68. The smallest absolute Gasteiger partial charge is 0.240 e. The topological polar surface area (TPSA) is 73.2 Å². The van der Waals surface area contributed by atoms with Gasteiger partial charge >= 0.3 is 0 Å². The minimum Gasteiger partial charge on any atom is -0.497 e. The molecule has 0 bridgehead atoms. The molecular weight excluding hydrogens is 370 g/mol. The lowest BCUT2D eigenvalue weighted by molar-refractivity contribution is 0.414. The van der Waals surface area contributed by atoms with Gasteiger partial charge in [-0.05, 0) is 55.6 Å². The molecule has 2 heterocycles. The largest absolute Gasteiger partial charge is 0.497 e. The lowest BCUT2D eigenvalue weighted by atomic mass is 10.2. The van der Waals surface area contributed by atoms with Crippen molar-refractivity contribution in [1.82, 2.24) is 14.5 Å². The van der Waals surface area contributed by atoms with Crippen LogP contribution in [0.1, 0.15) is 22.3 Å². The normalized spacial score (nSPS) is 12.9. The van der Waals surface area contributed by atoms with E-state index in [1.165, 1.54) is 12.1 Å². The molecule has 1 N–H and O–H groups in total. The molecule has 26 heavy (non-hydrogen) atoms. The van der Waals surface area contributed by atoms with Gasteiger partial charge in [0.05, 0.1) is 23.7 Å². The van der Waals surface area contributed by atoms with E-state index in [1.54, 1.807) is 30.6 Å². The summed E-state index contributed by atoms with van der Waals surface area (Å²) in [5.74, 6) is 0.614. The molecule has 0 radical (unpaired) electrons. The number of methoxy groups -OCH3 is 1. The molecule has 0 amide bonds. The highest BCUT2D eigenvalue weighted by Crippen LogP contribution is 2.25. The third kappa shape index (κ3) is 3.98. The first-order chi connectivity index (χ1) is 12.4. The van der Waals surface area contributed by atoms with Gasteiger partial charge in [0.25, 0.3) is 0 Å². The van der Waals surface area contributed by atoms with Crippen molar-refractivity contribution in [2.24, 2.45) is 0 Å². The van der Waals surface area contributed by atoms with Crippen molar-refractivity contribution in [1.29, 1.82) is 0 Å². The highest BCUT2D eigenvalue weighted by molar-refractivity contribution is 7.89. The fourth-order valence-corrected chi connectivity index (χ4v) is 4.63. The van der Waals surface area contributed by atoms with Crippen molar-refractivity contribution < 1.29 is 13.2 Å². The van der Waals surface area contributed by atoms with E-state index < -0.39 is 10.0 Å². The average Bonchev–Trinajstić information content (AvgIpc) is 3.25. The van der Waals surface area contributed by atoms with Crippen LogP contribution in [0.5, 0.6) is 5.75 Å². The predicted octanol–water partition coefficient (Wildman–Crippen LogP) is 3.14. The molecule has 2 aromatic heterocycles. The molecule has 6 nitrogen and oxygen atoms in total. The van der Waals surface area contributed by atoms with E-state index in [4.69, 9.17) is 4.74 Å². The number of benzene rings is 1. The van der Waals surface area contributed by atoms with Gasteiger partial charge in [0.1, 0.15) is 5.75 Å². The number of nitrogens with zero attached hydrogens (tertiary/aromatic N) is 2. The first kappa shape index (κ1) is 18.6.